The number of unbranched alkanes of at least 4 members (excludes halogenated alkanes) is 3. The summed E-state index contributed by atoms with van der Waals surface area (Å²) in [6.07, 6.45) is 6.89. The monoisotopic (exact) mass is 748 g/mol. The number of ketones is 2. The van der Waals surface area contributed by atoms with E-state index >= 15 is 4.39 Å². The summed E-state index contributed by atoms with van der Waals surface area (Å²) in [6.45, 7) is 8.53. The van der Waals surface area contributed by atoms with Crippen molar-refractivity contribution < 1.29 is 62.3 Å². The zero-order valence-electron chi connectivity index (χ0n) is 32.0. The van der Waals surface area contributed by atoms with Crippen molar-refractivity contribution >= 4 is 35.4 Å². The van der Waals surface area contributed by atoms with Gasteiger partial charge in [-0.2, -0.15) is 0 Å². The minimum atomic E-state index is -2.08. The molecule has 12 nitrogen and oxygen atoms in total. The van der Waals surface area contributed by atoms with E-state index in [4.69, 9.17) is 18.9 Å². The van der Waals surface area contributed by atoms with Crippen molar-refractivity contribution in [1.82, 2.24) is 0 Å². The Kier molecular flexibility index (Phi) is 13.5. The molecule has 1 unspecified atom stereocenters. The Morgan fingerprint density at radius 3 is 2.25 bits per heavy atom. The van der Waals surface area contributed by atoms with Crippen molar-refractivity contribution in [2.75, 3.05) is 19.8 Å². The SMILES string of the molecule is CC(=O)OCC(COC(C)=O)OC(=O)CC(C)CCCCCCC(=O)OCC(=O)[C@@]1(O)[C@H](C)C[C@H]2[C@@H]3CCC4=CC(=O)C=C[C@]4(C)[C@@]3(F)[C@@H](O)C[C@@]21C. The Hall–Kier alpha value is -3.45. The number of Topliss-reactive ketones (excluding diaryl/α,β-unsaturated/α-hetero) is 1. The molecule has 0 aromatic carbocycles. The number of hydrogen-bond acceptors (Lipinski definition) is 12. The molecule has 0 saturated heterocycles. The lowest BCUT2D eigenvalue weighted by Crippen LogP contribution is -2.69. The van der Waals surface area contributed by atoms with E-state index in [2.05, 4.69) is 0 Å². The van der Waals surface area contributed by atoms with Crippen molar-refractivity contribution in [3.63, 3.8) is 0 Å². The van der Waals surface area contributed by atoms with Crippen molar-refractivity contribution in [2.24, 2.45) is 34.5 Å². The number of carbonyl (C=O) groups is 6. The maximum atomic E-state index is 17.4. The van der Waals surface area contributed by atoms with Crippen LogP contribution in [0.3, 0.4) is 0 Å². The molecule has 0 bridgehead atoms. The summed E-state index contributed by atoms with van der Waals surface area (Å²) >= 11 is 0. The molecule has 3 fully saturated rings. The fraction of sp³-hybridized carbons (Fsp3) is 0.750. The maximum Gasteiger partial charge on any atom is 0.306 e. The largest absolute Gasteiger partial charge is 0.462 e. The fourth-order valence-corrected chi connectivity index (χ4v) is 9.74. The minimum absolute atomic E-state index is 0.00342. The van der Waals surface area contributed by atoms with Crippen LogP contribution < -0.4 is 0 Å². The summed E-state index contributed by atoms with van der Waals surface area (Å²) in [4.78, 5) is 73.1. The second-order valence-electron chi connectivity index (χ2n) is 16.2. The molecule has 4 aliphatic rings. The zero-order valence-corrected chi connectivity index (χ0v) is 32.0. The molecule has 4 rings (SSSR count). The lowest BCUT2D eigenvalue weighted by atomic mass is 9.44. The first kappa shape index (κ1) is 42.3. The summed E-state index contributed by atoms with van der Waals surface area (Å²) in [5, 5.41) is 23.6. The molecular formula is C40H57FO12. The number of hydrogen-bond donors (Lipinski definition) is 2. The van der Waals surface area contributed by atoms with Crippen LogP contribution in [0.2, 0.25) is 0 Å². The molecule has 0 aromatic rings. The summed E-state index contributed by atoms with van der Waals surface area (Å²) in [5.74, 6) is -4.62. The second-order valence-corrected chi connectivity index (χ2v) is 16.2. The Balaban J connectivity index is 1.20. The van der Waals surface area contributed by atoms with Crippen LogP contribution in [0.4, 0.5) is 4.39 Å². The summed E-state index contributed by atoms with van der Waals surface area (Å²) in [5.41, 5.74) is -5.67. The molecule has 3 saturated carbocycles. The van der Waals surface area contributed by atoms with E-state index in [0.717, 1.165) is 25.7 Å². The number of esters is 4. The van der Waals surface area contributed by atoms with E-state index in [1.165, 1.54) is 26.0 Å². The van der Waals surface area contributed by atoms with Gasteiger partial charge in [-0.15, -0.1) is 0 Å². The van der Waals surface area contributed by atoms with Crippen LogP contribution in [0.15, 0.2) is 23.8 Å². The van der Waals surface area contributed by atoms with Gasteiger partial charge in [0.2, 0.25) is 5.78 Å². The van der Waals surface area contributed by atoms with E-state index in [1.54, 1.807) is 26.8 Å². The van der Waals surface area contributed by atoms with E-state index in [-0.39, 0.29) is 44.2 Å². The van der Waals surface area contributed by atoms with Gasteiger partial charge in [-0.3, -0.25) is 28.8 Å². The number of rotatable bonds is 17. The van der Waals surface area contributed by atoms with Gasteiger partial charge in [-0.1, -0.05) is 58.1 Å². The Morgan fingerprint density at radius 2 is 1.60 bits per heavy atom. The molecule has 0 heterocycles. The first-order valence-electron chi connectivity index (χ1n) is 19.0. The molecule has 0 amide bonds. The second kappa shape index (κ2) is 16.9. The van der Waals surface area contributed by atoms with E-state index in [0.29, 0.717) is 31.3 Å². The first-order chi connectivity index (χ1) is 24.8. The summed E-state index contributed by atoms with van der Waals surface area (Å²) in [7, 11) is 0. The van der Waals surface area contributed by atoms with Gasteiger partial charge in [0.15, 0.2) is 24.2 Å². The van der Waals surface area contributed by atoms with Gasteiger partial charge in [0.05, 0.1) is 6.10 Å². The van der Waals surface area contributed by atoms with Crippen molar-refractivity contribution in [2.45, 2.75) is 136 Å². The number of alkyl halides is 1. The molecule has 9 atom stereocenters. The predicted molar refractivity (Wildman–Crippen MR) is 188 cm³/mol. The smallest absolute Gasteiger partial charge is 0.306 e. The molecule has 0 radical (unpaired) electrons. The average molecular weight is 749 g/mol. The van der Waals surface area contributed by atoms with Crippen LogP contribution in [0.1, 0.15) is 112 Å². The van der Waals surface area contributed by atoms with Crippen LogP contribution in [0.5, 0.6) is 0 Å². The van der Waals surface area contributed by atoms with Gasteiger partial charge in [-0.25, -0.2) is 4.39 Å². The normalized spacial score (nSPS) is 33.5. The Labute approximate surface area is 311 Å². The molecule has 13 heteroatoms. The minimum Gasteiger partial charge on any atom is -0.462 e. The van der Waals surface area contributed by atoms with E-state index in [1.807, 2.05) is 6.92 Å². The number of fused-ring (bicyclic) bond motifs is 5. The number of aliphatic hydroxyl groups excluding tert-OH is 1. The molecule has 2 N–H and O–H groups in total. The average Bonchev–Trinajstić information content (AvgIpc) is 3.28. The summed E-state index contributed by atoms with van der Waals surface area (Å²) in [6, 6.07) is 0. The van der Waals surface area contributed by atoms with Crippen LogP contribution in [0, 0.1) is 34.5 Å². The standard InChI is InChI=1S/C40H57FO12/c1-24(17-36(48)53-30(21-50-26(3)42)22-51-27(4)43)11-9-7-8-10-12-35(47)52-23-34(46)40(49)25(2)18-32-31-14-13-28-19-29(44)15-16-37(28,5)39(31,41)33(45)20-38(32,40)6/h15-16,19,24-25,30-33,45,49H,7-14,17-18,20-23H2,1-6H3/t24?,25-,31+,32+,33+,37+,38+,39+,40+/m1/s1. The molecule has 53 heavy (non-hydrogen) atoms. The number of allylic oxidation sites excluding steroid dienone is 4. The Bertz CT molecular complexity index is 1470. The van der Waals surface area contributed by atoms with Gasteiger partial charge in [-0.05, 0) is 68.9 Å². The quantitative estimate of drug-likeness (QED) is 0.118. The zero-order chi connectivity index (χ0) is 39.4. The molecule has 0 aliphatic heterocycles. The van der Waals surface area contributed by atoms with Crippen LogP contribution in [0.25, 0.3) is 0 Å². The van der Waals surface area contributed by atoms with Crippen LogP contribution in [-0.2, 0) is 47.7 Å². The third-order valence-electron chi connectivity index (χ3n) is 12.6. The van der Waals surface area contributed by atoms with E-state index < -0.39 is 88.3 Å². The van der Waals surface area contributed by atoms with Crippen LogP contribution >= 0.6 is 0 Å². The van der Waals surface area contributed by atoms with Crippen molar-refractivity contribution in [3.05, 3.63) is 23.8 Å². The lowest BCUT2D eigenvalue weighted by molar-refractivity contribution is -0.220. The van der Waals surface area contributed by atoms with Gasteiger partial charge < -0.3 is 29.2 Å². The molecule has 0 spiro atoms. The van der Waals surface area contributed by atoms with Gasteiger partial charge in [0.25, 0.3) is 0 Å². The molecule has 0 aromatic heterocycles. The predicted octanol–water partition coefficient (Wildman–Crippen LogP) is 4.85. The third-order valence-corrected chi connectivity index (χ3v) is 12.6. The highest BCUT2D eigenvalue weighted by Crippen LogP contribution is 2.70. The number of halogens is 1. The third kappa shape index (κ3) is 8.61. The van der Waals surface area contributed by atoms with Crippen LogP contribution in [-0.4, -0.2) is 89.0 Å². The fourth-order valence-electron chi connectivity index (χ4n) is 9.74. The topological polar surface area (TPSA) is 180 Å². The number of aliphatic hydroxyl groups is 2. The van der Waals surface area contributed by atoms with Crippen molar-refractivity contribution in [3.8, 4) is 0 Å². The molecular weight excluding hydrogens is 691 g/mol. The molecule has 296 valence electrons. The Morgan fingerprint density at radius 1 is 0.962 bits per heavy atom. The lowest BCUT2D eigenvalue weighted by Gasteiger charge is -2.62. The number of ether oxygens (including phenoxy) is 4. The highest BCUT2D eigenvalue weighted by atomic mass is 19.1. The first-order valence-corrected chi connectivity index (χ1v) is 19.0. The van der Waals surface area contributed by atoms with Gasteiger partial charge in [0.1, 0.15) is 18.8 Å². The summed E-state index contributed by atoms with van der Waals surface area (Å²) < 4.78 is 37.8. The van der Waals surface area contributed by atoms with E-state index in [9.17, 15) is 39.0 Å². The van der Waals surface area contributed by atoms with Crippen molar-refractivity contribution in [1.29, 1.82) is 0 Å². The molecule has 4 aliphatic carbocycles. The van der Waals surface area contributed by atoms with Gasteiger partial charge >= 0.3 is 23.9 Å². The highest BCUT2D eigenvalue weighted by Gasteiger charge is 2.75. The highest BCUT2D eigenvalue weighted by molar-refractivity contribution is 6.01. The number of carbonyl (C=O) groups excluding carboxylic acids is 6. The maximum absolute atomic E-state index is 17.4. The van der Waals surface area contributed by atoms with Gasteiger partial charge in [0, 0.05) is 43.4 Å².